The SMILES string of the molecule is Cc1cc(C)c2c(n1)SCCN2C(=O)Nc1ccc(C(=O)N2CCN(c3ncccn3)CC2)cc1. The standard InChI is InChI=1S/C25H27N7O2S/c1-17-16-18(2)28-22-21(17)32(14-15-35-22)25(34)29-20-6-4-19(5-7-20)23(33)30-10-12-31(13-11-30)24-26-8-3-9-27-24/h3-9,16H,10-15H2,1-2H3,(H,29,34). The second-order valence-corrected chi connectivity index (χ2v) is 9.65. The number of pyridine rings is 1. The van der Waals surface area contributed by atoms with Crippen LogP contribution in [0.3, 0.4) is 0 Å². The minimum Gasteiger partial charge on any atom is -0.337 e. The summed E-state index contributed by atoms with van der Waals surface area (Å²) in [5.41, 5.74) is 4.11. The maximum atomic E-state index is 13.1. The van der Waals surface area contributed by atoms with E-state index in [0.29, 0.717) is 49.9 Å². The monoisotopic (exact) mass is 489 g/mol. The van der Waals surface area contributed by atoms with Crippen molar-refractivity contribution in [2.75, 3.05) is 53.6 Å². The summed E-state index contributed by atoms with van der Waals surface area (Å²) >= 11 is 1.68. The molecule has 2 aliphatic rings. The predicted octanol–water partition coefficient (Wildman–Crippen LogP) is 3.60. The highest BCUT2D eigenvalue weighted by Gasteiger charge is 2.27. The fourth-order valence-electron chi connectivity index (χ4n) is 4.41. The maximum absolute atomic E-state index is 13.1. The first-order valence-electron chi connectivity index (χ1n) is 11.6. The fourth-order valence-corrected chi connectivity index (χ4v) is 5.49. The zero-order valence-corrected chi connectivity index (χ0v) is 20.6. The Morgan fingerprint density at radius 1 is 0.971 bits per heavy atom. The van der Waals surface area contributed by atoms with Crippen molar-refractivity contribution in [2.45, 2.75) is 18.9 Å². The number of aromatic nitrogens is 3. The van der Waals surface area contributed by atoms with Crippen molar-refractivity contribution in [3.63, 3.8) is 0 Å². The molecule has 0 bridgehead atoms. The molecule has 180 valence electrons. The minimum atomic E-state index is -0.196. The normalized spacial score (nSPS) is 15.5. The van der Waals surface area contributed by atoms with E-state index in [4.69, 9.17) is 0 Å². The first-order valence-corrected chi connectivity index (χ1v) is 12.6. The second kappa shape index (κ2) is 9.91. The van der Waals surface area contributed by atoms with Gasteiger partial charge in [-0.1, -0.05) is 0 Å². The highest BCUT2D eigenvalue weighted by Crippen LogP contribution is 2.36. The largest absolute Gasteiger partial charge is 0.337 e. The molecule has 1 aromatic carbocycles. The molecule has 9 nitrogen and oxygen atoms in total. The summed E-state index contributed by atoms with van der Waals surface area (Å²) in [5.74, 6) is 1.47. The first-order chi connectivity index (χ1) is 17.0. The number of benzene rings is 1. The third-order valence-corrected chi connectivity index (χ3v) is 7.08. The number of nitrogens with zero attached hydrogens (tertiary/aromatic N) is 6. The van der Waals surface area contributed by atoms with Crippen LogP contribution in [0.5, 0.6) is 0 Å². The van der Waals surface area contributed by atoms with Crippen molar-refractivity contribution in [1.82, 2.24) is 19.9 Å². The summed E-state index contributed by atoms with van der Waals surface area (Å²) in [4.78, 5) is 44.9. The van der Waals surface area contributed by atoms with E-state index < -0.39 is 0 Å². The molecule has 0 unspecified atom stereocenters. The van der Waals surface area contributed by atoms with Crippen LogP contribution < -0.4 is 15.1 Å². The van der Waals surface area contributed by atoms with Crippen molar-refractivity contribution < 1.29 is 9.59 Å². The van der Waals surface area contributed by atoms with E-state index in [1.807, 2.05) is 24.8 Å². The Morgan fingerprint density at radius 3 is 2.40 bits per heavy atom. The van der Waals surface area contributed by atoms with Gasteiger partial charge in [0.1, 0.15) is 5.03 Å². The Morgan fingerprint density at radius 2 is 1.69 bits per heavy atom. The number of amides is 3. The van der Waals surface area contributed by atoms with Gasteiger partial charge in [0.05, 0.1) is 5.69 Å². The van der Waals surface area contributed by atoms with Gasteiger partial charge in [0.2, 0.25) is 5.95 Å². The Bertz CT molecular complexity index is 1230. The van der Waals surface area contributed by atoms with Crippen LogP contribution in [-0.2, 0) is 0 Å². The van der Waals surface area contributed by atoms with Crippen LogP contribution in [0.15, 0.2) is 53.8 Å². The predicted molar refractivity (Wildman–Crippen MR) is 137 cm³/mol. The zero-order chi connectivity index (χ0) is 24.4. The van der Waals surface area contributed by atoms with Gasteiger partial charge in [0, 0.05) is 67.8 Å². The average molecular weight is 490 g/mol. The second-order valence-electron chi connectivity index (χ2n) is 8.57. The van der Waals surface area contributed by atoms with Gasteiger partial charge in [0.15, 0.2) is 0 Å². The smallest absolute Gasteiger partial charge is 0.326 e. The number of nitrogens with one attached hydrogen (secondary N) is 1. The maximum Gasteiger partial charge on any atom is 0.326 e. The van der Waals surface area contributed by atoms with Crippen molar-refractivity contribution in [3.8, 4) is 0 Å². The summed E-state index contributed by atoms with van der Waals surface area (Å²) in [6.07, 6.45) is 3.45. The van der Waals surface area contributed by atoms with Crippen LogP contribution >= 0.6 is 11.8 Å². The Labute approximate surface area is 208 Å². The van der Waals surface area contributed by atoms with Gasteiger partial charge in [-0.15, -0.1) is 11.8 Å². The molecule has 5 rings (SSSR count). The highest BCUT2D eigenvalue weighted by atomic mass is 32.2. The molecule has 2 aliphatic heterocycles. The molecule has 35 heavy (non-hydrogen) atoms. The van der Waals surface area contributed by atoms with Crippen LogP contribution in [0.1, 0.15) is 21.6 Å². The third-order valence-electron chi connectivity index (χ3n) is 6.13. The Hall–Kier alpha value is -3.66. The number of aryl methyl sites for hydroxylation is 2. The number of carbonyl (C=O) groups is 2. The fraction of sp³-hybridized carbons (Fsp3) is 0.320. The van der Waals surface area contributed by atoms with Crippen molar-refractivity contribution in [1.29, 1.82) is 0 Å². The number of fused-ring (bicyclic) bond motifs is 1. The van der Waals surface area contributed by atoms with E-state index in [-0.39, 0.29) is 11.9 Å². The number of carbonyl (C=O) groups excluding carboxylic acids is 2. The Balaban J connectivity index is 1.21. The van der Waals surface area contributed by atoms with Crippen LogP contribution in [-0.4, -0.2) is 70.3 Å². The number of rotatable bonds is 3. The van der Waals surface area contributed by atoms with Crippen molar-refractivity contribution in [2.24, 2.45) is 0 Å². The van der Waals surface area contributed by atoms with Crippen LogP contribution in [0.2, 0.25) is 0 Å². The molecule has 3 aromatic rings. The quantitative estimate of drug-likeness (QED) is 0.601. The van der Waals surface area contributed by atoms with E-state index in [2.05, 4.69) is 25.2 Å². The molecule has 0 spiro atoms. The van der Waals surface area contributed by atoms with Gasteiger partial charge >= 0.3 is 6.03 Å². The zero-order valence-electron chi connectivity index (χ0n) is 19.8. The van der Waals surface area contributed by atoms with E-state index in [1.54, 1.807) is 59.4 Å². The number of urea groups is 1. The molecular weight excluding hydrogens is 462 g/mol. The molecule has 0 aliphatic carbocycles. The van der Waals surface area contributed by atoms with Crippen molar-refractivity contribution >= 4 is 41.0 Å². The van der Waals surface area contributed by atoms with Gasteiger partial charge in [-0.2, -0.15) is 0 Å². The molecule has 2 aromatic heterocycles. The van der Waals surface area contributed by atoms with Gasteiger partial charge in [-0.05, 0) is 55.8 Å². The highest BCUT2D eigenvalue weighted by molar-refractivity contribution is 7.99. The summed E-state index contributed by atoms with van der Waals surface area (Å²) in [7, 11) is 0. The average Bonchev–Trinajstić information content (AvgIpc) is 2.89. The minimum absolute atomic E-state index is 0.0180. The number of hydrogen-bond donors (Lipinski definition) is 1. The molecule has 0 saturated carbocycles. The van der Waals surface area contributed by atoms with Gasteiger partial charge in [0.25, 0.3) is 5.91 Å². The lowest BCUT2D eigenvalue weighted by Crippen LogP contribution is -2.49. The summed E-state index contributed by atoms with van der Waals surface area (Å²) in [6.45, 7) is 7.18. The lowest BCUT2D eigenvalue weighted by molar-refractivity contribution is 0.0746. The van der Waals surface area contributed by atoms with Crippen molar-refractivity contribution in [3.05, 3.63) is 65.6 Å². The lowest BCUT2D eigenvalue weighted by Gasteiger charge is -2.34. The number of piperazine rings is 1. The van der Waals surface area contributed by atoms with Crippen LogP contribution in [0.4, 0.5) is 22.1 Å². The third kappa shape index (κ3) is 4.93. The van der Waals surface area contributed by atoms with E-state index in [1.165, 1.54) is 0 Å². The molecule has 10 heteroatoms. The molecule has 4 heterocycles. The number of anilines is 3. The van der Waals surface area contributed by atoms with Gasteiger partial charge < -0.3 is 15.1 Å². The first kappa shape index (κ1) is 23.1. The van der Waals surface area contributed by atoms with E-state index in [0.717, 1.165) is 27.7 Å². The summed E-state index contributed by atoms with van der Waals surface area (Å²) < 4.78 is 0. The topological polar surface area (TPSA) is 94.6 Å². The van der Waals surface area contributed by atoms with E-state index >= 15 is 0 Å². The Kier molecular flexibility index (Phi) is 6.54. The molecule has 1 saturated heterocycles. The van der Waals surface area contributed by atoms with Gasteiger partial charge in [-0.3, -0.25) is 9.69 Å². The summed E-state index contributed by atoms with van der Waals surface area (Å²) in [5, 5.41) is 3.86. The molecule has 1 fully saturated rings. The number of thioether (sulfide) groups is 1. The van der Waals surface area contributed by atoms with E-state index in [9.17, 15) is 9.59 Å². The van der Waals surface area contributed by atoms with Gasteiger partial charge in [-0.25, -0.2) is 19.7 Å². The van der Waals surface area contributed by atoms with Crippen LogP contribution in [0, 0.1) is 13.8 Å². The molecule has 0 atom stereocenters. The number of hydrogen-bond acceptors (Lipinski definition) is 7. The molecule has 1 N–H and O–H groups in total. The van der Waals surface area contributed by atoms with Crippen LogP contribution in [0.25, 0.3) is 0 Å². The molecule has 0 radical (unpaired) electrons. The summed E-state index contributed by atoms with van der Waals surface area (Å²) in [6, 6.07) is 10.7. The lowest BCUT2D eigenvalue weighted by atomic mass is 10.1. The molecular formula is C25H27N7O2S. The molecule has 3 amide bonds.